The van der Waals surface area contributed by atoms with Crippen molar-refractivity contribution in [1.29, 1.82) is 0 Å². The number of fused-ring (bicyclic) bond motifs is 3. The maximum absolute atomic E-state index is 12.4. The Morgan fingerprint density at radius 1 is 1.38 bits per heavy atom. The fourth-order valence-electron chi connectivity index (χ4n) is 2.89. The number of thioether (sulfide) groups is 1. The summed E-state index contributed by atoms with van der Waals surface area (Å²) < 4.78 is 0. The van der Waals surface area contributed by atoms with Crippen LogP contribution in [0.1, 0.15) is 43.0 Å². The van der Waals surface area contributed by atoms with Crippen LogP contribution in [-0.4, -0.2) is 28.2 Å². The molecule has 2 heterocycles. The van der Waals surface area contributed by atoms with Gasteiger partial charge < -0.3 is 10.3 Å². The number of amides is 1. The number of nitrogens with one attached hydrogen (secondary N) is 2. The highest BCUT2D eigenvalue weighted by Crippen LogP contribution is 2.33. The molecule has 0 aromatic carbocycles. The van der Waals surface area contributed by atoms with Crippen LogP contribution in [0, 0.1) is 5.92 Å². The number of carbonyl (C=O) groups is 1. The van der Waals surface area contributed by atoms with Crippen LogP contribution in [0.25, 0.3) is 10.2 Å². The fourth-order valence-corrected chi connectivity index (χ4v) is 4.89. The third-order valence-corrected chi connectivity index (χ3v) is 6.18. The standard InChI is InChI=1S/C17H23N3O2S2/c1-10(2)7-18-14(21)9-23-8-13-19-16(22)15-11-5-3-4-6-12(11)24-17(15)20-13/h10H,3-9H2,1-2H3,(H,18,21)(H,19,20,22). The number of aromatic amines is 1. The molecule has 2 aromatic rings. The Balaban J connectivity index is 1.66. The number of aromatic nitrogens is 2. The van der Waals surface area contributed by atoms with Crippen LogP contribution >= 0.6 is 23.1 Å². The summed E-state index contributed by atoms with van der Waals surface area (Å²) in [5, 5.41) is 3.68. The van der Waals surface area contributed by atoms with Gasteiger partial charge in [-0.2, -0.15) is 0 Å². The molecule has 1 aliphatic carbocycles. The maximum atomic E-state index is 12.4. The van der Waals surface area contributed by atoms with Crippen LogP contribution in [0.2, 0.25) is 0 Å². The van der Waals surface area contributed by atoms with Gasteiger partial charge in [0, 0.05) is 11.4 Å². The summed E-state index contributed by atoms with van der Waals surface area (Å²) in [6.45, 7) is 4.83. The van der Waals surface area contributed by atoms with Crippen molar-refractivity contribution in [3.63, 3.8) is 0 Å². The van der Waals surface area contributed by atoms with Crippen LogP contribution < -0.4 is 10.9 Å². The van der Waals surface area contributed by atoms with Gasteiger partial charge in [0.1, 0.15) is 10.7 Å². The fraction of sp³-hybridized carbons (Fsp3) is 0.588. The average molecular weight is 366 g/mol. The van der Waals surface area contributed by atoms with Crippen molar-refractivity contribution in [2.45, 2.75) is 45.3 Å². The first kappa shape index (κ1) is 17.5. The molecule has 0 radical (unpaired) electrons. The van der Waals surface area contributed by atoms with E-state index in [1.54, 1.807) is 11.3 Å². The monoisotopic (exact) mass is 365 g/mol. The second kappa shape index (κ2) is 7.70. The van der Waals surface area contributed by atoms with E-state index in [-0.39, 0.29) is 11.5 Å². The first-order chi connectivity index (χ1) is 11.5. The summed E-state index contributed by atoms with van der Waals surface area (Å²) in [7, 11) is 0. The van der Waals surface area contributed by atoms with Gasteiger partial charge in [-0.15, -0.1) is 23.1 Å². The summed E-state index contributed by atoms with van der Waals surface area (Å²) >= 11 is 3.14. The van der Waals surface area contributed by atoms with Gasteiger partial charge in [-0.1, -0.05) is 13.8 Å². The van der Waals surface area contributed by atoms with Crippen molar-refractivity contribution >= 4 is 39.2 Å². The van der Waals surface area contributed by atoms with E-state index < -0.39 is 0 Å². The molecule has 5 nitrogen and oxygen atoms in total. The molecule has 0 unspecified atom stereocenters. The highest BCUT2D eigenvalue weighted by molar-refractivity contribution is 7.99. The van der Waals surface area contributed by atoms with Gasteiger partial charge in [-0.3, -0.25) is 9.59 Å². The van der Waals surface area contributed by atoms with E-state index in [2.05, 4.69) is 29.1 Å². The molecule has 0 aliphatic heterocycles. The normalized spacial score (nSPS) is 14.1. The molecular weight excluding hydrogens is 342 g/mol. The van der Waals surface area contributed by atoms with Gasteiger partial charge in [-0.25, -0.2) is 4.98 Å². The Morgan fingerprint density at radius 3 is 2.96 bits per heavy atom. The number of H-pyrrole nitrogens is 1. The summed E-state index contributed by atoms with van der Waals surface area (Å²) in [6, 6.07) is 0. The molecule has 1 amide bonds. The second-order valence-electron chi connectivity index (χ2n) is 6.59. The Hall–Kier alpha value is -1.34. The van der Waals surface area contributed by atoms with Crippen molar-refractivity contribution < 1.29 is 4.79 Å². The Morgan fingerprint density at radius 2 is 2.17 bits per heavy atom. The number of rotatable bonds is 6. The van der Waals surface area contributed by atoms with E-state index in [4.69, 9.17) is 0 Å². The Kier molecular flexibility index (Phi) is 5.61. The van der Waals surface area contributed by atoms with E-state index in [0.717, 1.165) is 29.5 Å². The van der Waals surface area contributed by atoms with Crippen molar-refractivity contribution in [2.24, 2.45) is 5.92 Å². The summed E-state index contributed by atoms with van der Waals surface area (Å²) in [4.78, 5) is 33.9. The van der Waals surface area contributed by atoms with E-state index in [1.807, 2.05) is 0 Å². The van der Waals surface area contributed by atoms with Gasteiger partial charge in [0.05, 0.1) is 16.9 Å². The molecule has 0 atom stereocenters. The number of thiophene rings is 1. The lowest BCUT2D eigenvalue weighted by Gasteiger charge is -2.09. The first-order valence-electron chi connectivity index (χ1n) is 8.42. The molecule has 0 spiro atoms. The first-order valence-corrected chi connectivity index (χ1v) is 10.4. The predicted molar refractivity (Wildman–Crippen MR) is 101 cm³/mol. The van der Waals surface area contributed by atoms with Crippen LogP contribution in [0.15, 0.2) is 4.79 Å². The zero-order valence-electron chi connectivity index (χ0n) is 14.1. The molecule has 2 N–H and O–H groups in total. The zero-order chi connectivity index (χ0) is 17.1. The SMILES string of the molecule is CC(C)CNC(=O)CSCc1nc2sc3c(c2c(=O)[nH]1)CCCC3. The van der Waals surface area contributed by atoms with E-state index >= 15 is 0 Å². The molecule has 7 heteroatoms. The summed E-state index contributed by atoms with van der Waals surface area (Å²) in [6.07, 6.45) is 4.41. The molecule has 0 bridgehead atoms. The molecular formula is C17H23N3O2S2. The molecule has 1 aliphatic rings. The maximum Gasteiger partial charge on any atom is 0.259 e. The van der Waals surface area contributed by atoms with E-state index in [9.17, 15) is 9.59 Å². The van der Waals surface area contributed by atoms with Gasteiger partial charge in [0.15, 0.2) is 0 Å². The number of hydrogen-bond donors (Lipinski definition) is 2. The third kappa shape index (κ3) is 4.00. The van der Waals surface area contributed by atoms with Crippen LogP contribution in [0.3, 0.4) is 0 Å². The number of aryl methyl sites for hydroxylation is 2. The number of carbonyl (C=O) groups excluding carboxylic acids is 1. The smallest absolute Gasteiger partial charge is 0.259 e. The highest BCUT2D eigenvalue weighted by atomic mass is 32.2. The lowest BCUT2D eigenvalue weighted by molar-refractivity contribution is -0.118. The summed E-state index contributed by atoms with van der Waals surface area (Å²) in [5.41, 5.74) is 1.18. The van der Waals surface area contributed by atoms with E-state index in [0.29, 0.717) is 29.8 Å². The lowest BCUT2D eigenvalue weighted by atomic mass is 9.97. The minimum absolute atomic E-state index is 0.0285. The lowest BCUT2D eigenvalue weighted by Crippen LogP contribution is -2.28. The topological polar surface area (TPSA) is 74.8 Å². The minimum atomic E-state index is -0.0285. The minimum Gasteiger partial charge on any atom is -0.355 e. The van der Waals surface area contributed by atoms with Gasteiger partial charge in [0.2, 0.25) is 5.91 Å². The van der Waals surface area contributed by atoms with Gasteiger partial charge >= 0.3 is 0 Å². The van der Waals surface area contributed by atoms with Crippen LogP contribution in [0.5, 0.6) is 0 Å². The van der Waals surface area contributed by atoms with Crippen molar-refractivity contribution in [3.05, 3.63) is 26.6 Å². The zero-order valence-corrected chi connectivity index (χ0v) is 15.7. The van der Waals surface area contributed by atoms with E-state index in [1.165, 1.54) is 28.6 Å². The number of hydrogen-bond acceptors (Lipinski definition) is 5. The molecule has 3 rings (SSSR count). The van der Waals surface area contributed by atoms with Crippen molar-refractivity contribution in [2.75, 3.05) is 12.3 Å². The predicted octanol–water partition coefficient (Wildman–Crippen LogP) is 2.87. The molecule has 0 fully saturated rings. The second-order valence-corrected chi connectivity index (χ2v) is 8.66. The van der Waals surface area contributed by atoms with Crippen molar-refractivity contribution in [3.8, 4) is 0 Å². The highest BCUT2D eigenvalue weighted by Gasteiger charge is 2.19. The Bertz CT molecular complexity index is 795. The molecule has 0 saturated heterocycles. The summed E-state index contributed by atoms with van der Waals surface area (Å²) in [5.74, 6) is 2.07. The average Bonchev–Trinajstić information content (AvgIpc) is 2.91. The van der Waals surface area contributed by atoms with Crippen molar-refractivity contribution in [1.82, 2.24) is 15.3 Å². The molecule has 0 saturated carbocycles. The van der Waals surface area contributed by atoms with Crippen LogP contribution in [0.4, 0.5) is 0 Å². The van der Waals surface area contributed by atoms with Gasteiger partial charge in [-0.05, 0) is 37.2 Å². The molecule has 130 valence electrons. The third-order valence-electron chi connectivity index (χ3n) is 4.05. The van der Waals surface area contributed by atoms with Gasteiger partial charge in [0.25, 0.3) is 5.56 Å². The molecule has 24 heavy (non-hydrogen) atoms. The largest absolute Gasteiger partial charge is 0.355 e. The quantitative estimate of drug-likeness (QED) is 0.825. The number of nitrogens with zero attached hydrogens (tertiary/aromatic N) is 1. The Labute approximate surface area is 149 Å². The molecule has 2 aromatic heterocycles. The van der Waals surface area contributed by atoms with Crippen LogP contribution in [-0.2, 0) is 23.4 Å².